The van der Waals surface area contributed by atoms with Gasteiger partial charge in [0.1, 0.15) is 5.75 Å². The van der Waals surface area contributed by atoms with Crippen LogP contribution in [-0.4, -0.2) is 25.7 Å². The molecule has 3 aromatic rings. The van der Waals surface area contributed by atoms with E-state index in [4.69, 9.17) is 9.47 Å². The van der Waals surface area contributed by atoms with Gasteiger partial charge >= 0.3 is 12.0 Å². The van der Waals surface area contributed by atoms with Gasteiger partial charge in [-0.2, -0.15) is 0 Å². The van der Waals surface area contributed by atoms with Crippen LogP contribution < -0.4 is 15.4 Å². The summed E-state index contributed by atoms with van der Waals surface area (Å²) in [6.07, 6.45) is 0. The number of anilines is 2. The van der Waals surface area contributed by atoms with E-state index in [1.807, 2.05) is 36.4 Å². The minimum atomic E-state index is -0.428. The molecule has 0 fully saturated rings. The fraction of sp³-hybridized carbons (Fsp3) is 0.143. The predicted octanol–water partition coefficient (Wildman–Crippen LogP) is 4.67. The van der Waals surface area contributed by atoms with Crippen LogP contribution in [0.3, 0.4) is 0 Å². The monoisotopic (exact) mass is 364 g/mol. The normalized spacial score (nSPS) is 10.3. The zero-order chi connectivity index (χ0) is 19.2. The molecule has 0 aromatic heterocycles. The lowest BCUT2D eigenvalue weighted by molar-refractivity contribution is 0.0526. The summed E-state index contributed by atoms with van der Waals surface area (Å²) < 4.78 is 10.2. The highest BCUT2D eigenvalue weighted by Gasteiger charge is 2.10. The van der Waals surface area contributed by atoms with Gasteiger partial charge in [0.25, 0.3) is 0 Å². The Morgan fingerprint density at radius 1 is 0.963 bits per heavy atom. The molecule has 6 nitrogen and oxygen atoms in total. The van der Waals surface area contributed by atoms with E-state index in [0.29, 0.717) is 29.3 Å². The number of rotatable bonds is 5. The number of amides is 2. The highest BCUT2D eigenvalue weighted by Crippen LogP contribution is 2.27. The van der Waals surface area contributed by atoms with Crippen LogP contribution in [0.25, 0.3) is 10.8 Å². The van der Waals surface area contributed by atoms with E-state index in [0.717, 1.165) is 10.8 Å². The number of hydrogen-bond acceptors (Lipinski definition) is 4. The second-order valence-electron chi connectivity index (χ2n) is 5.77. The van der Waals surface area contributed by atoms with Gasteiger partial charge in [0.15, 0.2) is 0 Å². The molecule has 0 radical (unpaired) electrons. The summed E-state index contributed by atoms with van der Waals surface area (Å²) in [5.41, 5.74) is 1.53. The SMILES string of the molecule is CCOC(=O)c1cccc(NC(=O)Nc2cccc3ccc(OC)cc23)c1. The maximum atomic E-state index is 12.4. The molecule has 138 valence electrons. The topological polar surface area (TPSA) is 76.7 Å². The third-order valence-corrected chi connectivity index (χ3v) is 3.97. The number of hydrogen-bond donors (Lipinski definition) is 2. The molecule has 27 heavy (non-hydrogen) atoms. The van der Waals surface area contributed by atoms with E-state index < -0.39 is 12.0 Å². The van der Waals surface area contributed by atoms with Crippen LogP contribution in [-0.2, 0) is 4.74 Å². The standard InChI is InChI=1S/C21H20N2O4/c1-3-27-20(24)15-7-4-8-16(12-15)22-21(25)23-19-9-5-6-14-10-11-17(26-2)13-18(14)19/h4-13H,3H2,1-2H3,(H2,22,23,25). The molecule has 0 aliphatic rings. The Bertz CT molecular complexity index is 985. The smallest absolute Gasteiger partial charge is 0.338 e. The third-order valence-electron chi connectivity index (χ3n) is 3.97. The fourth-order valence-corrected chi connectivity index (χ4v) is 2.71. The summed E-state index contributed by atoms with van der Waals surface area (Å²) >= 11 is 0. The van der Waals surface area contributed by atoms with Gasteiger partial charge in [-0.1, -0.05) is 24.3 Å². The number of nitrogens with one attached hydrogen (secondary N) is 2. The van der Waals surface area contributed by atoms with Crippen molar-refractivity contribution in [1.82, 2.24) is 0 Å². The second kappa shape index (κ2) is 8.23. The lowest BCUT2D eigenvalue weighted by Gasteiger charge is -2.12. The van der Waals surface area contributed by atoms with Crippen molar-refractivity contribution in [1.29, 1.82) is 0 Å². The van der Waals surface area contributed by atoms with Gasteiger partial charge in [0.05, 0.1) is 25.0 Å². The number of esters is 1. The zero-order valence-electron chi connectivity index (χ0n) is 15.1. The van der Waals surface area contributed by atoms with E-state index in [1.165, 1.54) is 0 Å². The molecule has 2 N–H and O–H groups in total. The van der Waals surface area contributed by atoms with Crippen molar-refractivity contribution in [3.8, 4) is 5.75 Å². The largest absolute Gasteiger partial charge is 0.497 e. The quantitative estimate of drug-likeness (QED) is 0.645. The summed E-state index contributed by atoms with van der Waals surface area (Å²) in [6.45, 7) is 2.04. The number of urea groups is 1. The minimum absolute atomic E-state index is 0.293. The van der Waals surface area contributed by atoms with Crippen molar-refractivity contribution in [3.63, 3.8) is 0 Å². The predicted molar refractivity (Wildman–Crippen MR) is 106 cm³/mol. The van der Waals surface area contributed by atoms with Gasteiger partial charge in [-0.25, -0.2) is 9.59 Å². The van der Waals surface area contributed by atoms with Gasteiger partial charge in [-0.05, 0) is 48.7 Å². The molecule has 6 heteroatoms. The fourth-order valence-electron chi connectivity index (χ4n) is 2.71. The van der Waals surface area contributed by atoms with Gasteiger partial charge in [0.2, 0.25) is 0 Å². The number of carbonyl (C=O) groups is 2. The van der Waals surface area contributed by atoms with Crippen LogP contribution in [0.1, 0.15) is 17.3 Å². The second-order valence-corrected chi connectivity index (χ2v) is 5.77. The van der Waals surface area contributed by atoms with Crippen molar-refractivity contribution < 1.29 is 19.1 Å². The minimum Gasteiger partial charge on any atom is -0.497 e. The first-order valence-corrected chi connectivity index (χ1v) is 8.52. The van der Waals surface area contributed by atoms with E-state index >= 15 is 0 Å². The van der Waals surface area contributed by atoms with Gasteiger partial charge in [-0.15, -0.1) is 0 Å². The Morgan fingerprint density at radius 2 is 1.78 bits per heavy atom. The Hall–Kier alpha value is -3.54. The molecule has 0 bridgehead atoms. The molecule has 2 amide bonds. The number of ether oxygens (including phenoxy) is 2. The molecule has 3 aromatic carbocycles. The molecule has 0 saturated carbocycles. The summed E-state index contributed by atoms with van der Waals surface area (Å²) in [5.74, 6) is 0.280. The molecule has 0 saturated heterocycles. The summed E-state index contributed by atoms with van der Waals surface area (Å²) in [5, 5.41) is 7.42. The molecule has 0 aliphatic heterocycles. The number of carbonyl (C=O) groups excluding carboxylic acids is 2. The van der Waals surface area contributed by atoms with Crippen molar-refractivity contribution in [2.75, 3.05) is 24.4 Å². The van der Waals surface area contributed by atoms with E-state index in [1.54, 1.807) is 38.3 Å². The van der Waals surface area contributed by atoms with Crippen LogP contribution in [0.2, 0.25) is 0 Å². The lowest BCUT2D eigenvalue weighted by atomic mass is 10.1. The van der Waals surface area contributed by atoms with Crippen molar-refractivity contribution in [2.45, 2.75) is 6.92 Å². The summed E-state index contributed by atoms with van der Waals surface area (Å²) in [4.78, 5) is 24.2. The first-order valence-electron chi connectivity index (χ1n) is 8.52. The van der Waals surface area contributed by atoms with Crippen LogP contribution >= 0.6 is 0 Å². The Balaban J connectivity index is 1.78. The van der Waals surface area contributed by atoms with Crippen molar-refractivity contribution >= 4 is 34.1 Å². The highest BCUT2D eigenvalue weighted by atomic mass is 16.5. The highest BCUT2D eigenvalue weighted by molar-refractivity contribution is 6.06. The zero-order valence-corrected chi connectivity index (χ0v) is 15.1. The average molecular weight is 364 g/mol. The summed E-state index contributed by atoms with van der Waals surface area (Å²) in [6, 6.07) is 17.5. The first kappa shape index (κ1) is 18.3. The molecule has 3 rings (SSSR count). The van der Waals surface area contributed by atoms with Gasteiger partial charge in [0, 0.05) is 11.1 Å². The Labute approximate surface area is 157 Å². The number of methoxy groups -OCH3 is 1. The molecular weight excluding hydrogens is 344 g/mol. The molecule has 0 heterocycles. The molecule has 0 atom stereocenters. The van der Waals surface area contributed by atoms with Crippen LogP contribution in [0.5, 0.6) is 5.75 Å². The van der Waals surface area contributed by atoms with Crippen LogP contribution in [0.15, 0.2) is 60.7 Å². The van der Waals surface area contributed by atoms with E-state index in [2.05, 4.69) is 10.6 Å². The molecular formula is C21H20N2O4. The Morgan fingerprint density at radius 3 is 2.56 bits per heavy atom. The summed E-state index contributed by atoms with van der Waals surface area (Å²) in [7, 11) is 1.60. The van der Waals surface area contributed by atoms with Crippen LogP contribution in [0.4, 0.5) is 16.2 Å². The molecule has 0 unspecified atom stereocenters. The van der Waals surface area contributed by atoms with Crippen molar-refractivity contribution in [2.24, 2.45) is 0 Å². The first-order chi connectivity index (χ1) is 13.1. The lowest BCUT2D eigenvalue weighted by Crippen LogP contribution is -2.19. The van der Waals surface area contributed by atoms with Crippen LogP contribution in [0, 0.1) is 0 Å². The Kier molecular flexibility index (Phi) is 5.56. The van der Waals surface area contributed by atoms with E-state index in [9.17, 15) is 9.59 Å². The maximum Gasteiger partial charge on any atom is 0.338 e. The molecule has 0 spiro atoms. The van der Waals surface area contributed by atoms with Gasteiger partial charge in [-0.3, -0.25) is 0 Å². The van der Waals surface area contributed by atoms with Crippen molar-refractivity contribution in [3.05, 3.63) is 66.2 Å². The third kappa shape index (κ3) is 4.36. The number of benzene rings is 3. The molecule has 0 aliphatic carbocycles. The maximum absolute atomic E-state index is 12.4. The number of fused-ring (bicyclic) bond motifs is 1. The average Bonchev–Trinajstić information content (AvgIpc) is 2.68. The van der Waals surface area contributed by atoms with Gasteiger partial charge < -0.3 is 20.1 Å². The van der Waals surface area contributed by atoms with E-state index in [-0.39, 0.29) is 0 Å².